The molecule has 0 amide bonds. The number of rotatable bonds is 5. The van der Waals surface area contributed by atoms with E-state index in [1.165, 1.54) is 5.56 Å². The van der Waals surface area contributed by atoms with Crippen LogP contribution in [-0.2, 0) is 11.2 Å². The molecule has 166 valence electrons. The Morgan fingerprint density at radius 2 is 2.03 bits per heavy atom. The minimum atomic E-state index is -0.250. The van der Waals surface area contributed by atoms with Crippen LogP contribution in [0.1, 0.15) is 23.0 Å². The average molecular weight is 486 g/mol. The van der Waals surface area contributed by atoms with Crippen molar-refractivity contribution >= 4 is 58.0 Å². The van der Waals surface area contributed by atoms with Gasteiger partial charge in [-0.05, 0) is 43.2 Å². The van der Waals surface area contributed by atoms with Crippen LogP contribution >= 0.6 is 34.8 Å². The van der Waals surface area contributed by atoms with Crippen LogP contribution in [0.3, 0.4) is 0 Å². The second kappa shape index (κ2) is 10.5. The van der Waals surface area contributed by atoms with Crippen LogP contribution in [0.2, 0.25) is 15.1 Å². The summed E-state index contributed by atoms with van der Waals surface area (Å²) in [6.45, 7) is 3.92. The summed E-state index contributed by atoms with van der Waals surface area (Å²) in [4.78, 5) is 18.5. The van der Waals surface area contributed by atoms with Crippen molar-refractivity contribution in [2.75, 3.05) is 31.6 Å². The summed E-state index contributed by atoms with van der Waals surface area (Å²) in [6.07, 6.45) is 0.908. The number of nitrogens with zero attached hydrogens (tertiary/aromatic N) is 2. The highest BCUT2D eigenvalue weighted by atomic mass is 35.5. The van der Waals surface area contributed by atoms with Crippen LogP contribution < -0.4 is 5.32 Å². The van der Waals surface area contributed by atoms with Crippen LogP contribution in [0.15, 0.2) is 24.3 Å². The SMILES string of the molecule is Cc1nc(NCCN2CCc3c([nH]c4ccc(Cl)cc34)C2CO)c(Cl)cc1Cl.O=CO. The number of aryl methyl sites for hydroxylation is 1. The number of aliphatic hydroxyl groups excluding tert-OH is 1. The first-order valence-corrected chi connectivity index (χ1v) is 10.8. The molecule has 3 heterocycles. The number of hydrogen-bond acceptors (Lipinski definition) is 5. The van der Waals surface area contributed by atoms with Gasteiger partial charge in [0.05, 0.1) is 28.4 Å². The molecule has 0 aliphatic carbocycles. The molecular weight excluding hydrogens is 463 g/mol. The standard InChI is InChI=1S/C20H21Cl3N4O.CH2O2/c1-11-15(22)9-16(23)20(25-11)24-5-7-27-6-4-13-14-8-12(21)2-3-17(14)26-19(13)18(27)10-28;2-1-3/h2-3,8-9,18,26,28H,4-7,10H2,1H3,(H,24,25);1H,(H,2,3). The van der Waals surface area contributed by atoms with E-state index in [-0.39, 0.29) is 19.1 Å². The number of aromatic nitrogens is 2. The number of hydrogen-bond donors (Lipinski definition) is 4. The molecule has 10 heteroatoms. The van der Waals surface area contributed by atoms with Crippen molar-refractivity contribution in [2.45, 2.75) is 19.4 Å². The summed E-state index contributed by atoms with van der Waals surface area (Å²) < 4.78 is 0. The lowest BCUT2D eigenvalue weighted by molar-refractivity contribution is -0.122. The van der Waals surface area contributed by atoms with Crippen molar-refractivity contribution in [1.29, 1.82) is 0 Å². The smallest absolute Gasteiger partial charge is 0.290 e. The Hall–Kier alpha value is -2.03. The molecule has 0 saturated heterocycles. The third kappa shape index (κ3) is 5.25. The number of carbonyl (C=O) groups is 1. The third-order valence-electron chi connectivity index (χ3n) is 5.29. The maximum Gasteiger partial charge on any atom is 0.290 e. The van der Waals surface area contributed by atoms with Gasteiger partial charge in [-0.1, -0.05) is 34.8 Å². The van der Waals surface area contributed by atoms with Crippen molar-refractivity contribution in [3.05, 3.63) is 56.3 Å². The first-order valence-electron chi connectivity index (χ1n) is 9.68. The van der Waals surface area contributed by atoms with Gasteiger partial charge in [0.1, 0.15) is 5.82 Å². The van der Waals surface area contributed by atoms with Crippen molar-refractivity contribution in [3.8, 4) is 0 Å². The van der Waals surface area contributed by atoms with E-state index in [1.807, 2.05) is 25.1 Å². The maximum atomic E-state index is 10.1. The Balaban J connectivity index is 0.000000858. The van der Waals surface area contributed by atoms with Crippen molar-refractivity contribution < 1.29 is 15.0 Å². The van der Waals surface area contributed by atoms with E-state index in [0.29, 0.717) is 22.4 Å². The number of nitrogens with one attached hydrogen (secondary N) is 2. The van der Waals surface area contributed by atoms with Crippen LogP contribution in [0.4, 0.5) is 5.82 Å². The Morgan fingerprint density at radius 3 is 2.74 bits per heavy atom. The number of H-pyrrole nitrogens is 1. The molecule has 0 spiro atoms. The highest BCUT2D eigenvalue weighted by molar-refractivity contribution is 6.36. The van der Waals surface area contributed by atoms with E-state index in [1.54, 1.807) is 6.07 Å². The van der Waals surface area contributed by atoms with E-state index in [4.69, 9.17) is 44.7 Å². The van der Waals surface area contributed by atoms with Gasteiger partial charge in [-0.2, -0.15) is 0 Å². The van der Waals surface area contributed by atoms with Gasteiger partial charge in [0.15, 0.2) is 0 Å². The lowest BCUT2D eigenvalue weighted by Crippen LogP contribution is -2.40. The van der Waals surface area contributed by atoms with Crippen LogP contribution in [0.25, 0.3) is 10.9 Å². The number of benzene rings is 1. The zero-order chi connectivity index (χ0) is 22.5. The molecule has 31 heavy (non-hydrogen) atoms. The number of carboxylic acid groups (broad SMARTS) is 1. The monoisotopic (exact) mass is 484 g/mol. The quantitative estimate of drug-likeness (QED) is 0.396. The number of pyridine rings is 1. The zero-order valence-corrected chi connectivity index (χ0v) is 19.1. The van der Waals surface area contributed by atoms with E-state index in [0.717, 1.165) is 46.8 Å². The van der Waals surface area contributed by atoms with Gasteiger partial charge in [0.2, 0.25) is 0 Å². The molecule has 0 radical (unpaired) electrons. The third-order valence-corrected chi connectivity index (χ3v) is 6.20. The molecule has 1 atom stereocenters. The minimum Gasteiger partial charge on any atom is -0.483 e. The summed E-state index contributed by atoms with van der Waals surface area (Å²) >= 11 is 18.4. The number of aliphatic hydroxyl groups is 1. The highest BCUT2D eigenvalue weighted by Gasteiger charge is 2.29. The molecule has 7 nitrogen and oxygen atoms in total. The van der Waals surface area contributed by atoms with Gasteiger partial charge in [0, 0.05) is 41.3 Å². The van der Waals surface area contributed by atoms with Gasteiger partial charge < -0.3 is 20.5 Å². The van der Waals surface area contributed by atoms with Gasteiger partial charge in [-0.25, -0.2) is 4.98 Å². The van der Waals surface area contributed by atoms with Gasteiger partial charge in [-0.3, -0.25) is 9.69 Å². The number of aromatic amines is 1. The van der Waals surface area contributed by atoms with Crippen molar-refractivity contribution in [3.63, 3.8) is 0 Å². The molecule has 0 bridgehead atoms. The average Bonchev–Trinajstić information content (AvgIpc) is 3.10. The largest absolute Gasteiger partial charge is 0.483 e. The van der Waals surface area contributed by atoms with E-state index in [9.17, 15) is 5.11 Å². The fraction of sp³-hybridized carbons (Fsp3) is 0.333. The molecular formula is C21H23Cl3N4O3. The summed E-state index contributed by atoms with van der Waals surface area (Å²) in [5, 5.41) is 23.2. The maximum absolute atomic E-state index is 10.1. The number of anilines is 1. The molecule has 1 unspecified atom stereocenters. The van der Waals surface area contributed by atoms with Gasteiger partial charge >= 0.3 is 0 Å². The molecule has 3 aromatic rings. The molecule has 1 aromatic carbocycles. The normalized spacial score (nSPS) is 15.8. The lowest BCUT2D eigenvalue weighted by atomic mass is 9.97. The topological polar surface area (TPSA) is 101 Å². The molecule has 4 N–H and O–H groups in total. The minimum absolute atomic E-state index is 0.0482. The summed E-state index contributed by atoms with van der Waals surface area (Å²) in [5.74, 6) is 0.627. The number of fused-ring (bicyclic) bond motifs is 3. The van der Waals surface area contributed by atoms with E-state index >= 15 is 0 Å². The molecule has 2 aromatic heterocycles. The van der Waals surface area contributed by atoms with Crippen molar-refractivity contribution in [2.24, 2.45) is 0 Å². The Kier molecular flexibility index (Phi) is 8.02. The van der Waals surface area contributed by atoms with Crippen molar-refractivity contribution in [1.82, 2.24) is 14.9 Å². The highest BCUT2D eigenvalue weighted by Crippen LogP contribution is 2.35. The Labute approximate surface area is 194 Å². The molecule has 0 fully saturated rings. The van der Waals surface area contributed by atoms with Crippen LogP contribution in [-0.4, -0.2) is 57.8 Å². The van der Waals surface area contributed by atoms with Gasteiger partial charge in [-0.15, -0.1) is 0 Å². The fourth-order valence-electron chi connectivity index (χ4n) is 3.86. The fourth-order valence-corrected chi connectivity index (χ4v) is 4.46. The molecule has 4 rings (SSSR count). The molecule has 0 saturated carbocycles. The second-order valence-corrected chi connectivity index (χ2v) is 8.36. The van der Waals surface area contributed by atoms with E-state index < -0.39 is 0 Å². The Bertz CT molecular complexity index is 1070. The van der Waals surface area contributed by atoms with E-state index in [2.05, 4.69) is 20.2 Å². The Morgan fingerprint density at radius 1 is 1.29 bits per heavy atom. The summed E-state index contributed by atoms with van der Waals surface area (Å²) in [7, 11) is 0. The first-order chi connectivity index (χ1) is 14.9. The summed E-state index contributed by atoms with van der Waals surface area (Å²) in [6, 6.07) is 7.49. The molecule has 1 aliphatic heterocycles. The zero-order valence-electron chi connectivity index (χ0n) is 16.8. The summed E-state index contributed by atoms with van der Waals surface area (Å²) in [5.41, 5.74) is 4.12. The number of halogens is 3. The predicted octanol–water partition coefficient (Wildman–Crippen LogP) is 4.54. The first kappa shape index (κ1) is 23.6. The predicted molar refractivity (Wildman–Crippen MR) is 125 cm³/mol. The van der Waals surface area contributed by atoms with Gasteiger partial charge in [0.25, 0.3) is 6.47 Å². The second-order valence-electron chi connectivity index (χ2n) is 7.11. The van der Waals surface area contributed by atoms with Crippen LogP contribution in [0, 0.1) is 6.92 Å². The molecule has 1 aliphatic rings. The lowest BCUT2D eigenvalue weighted by Gasteiger charge is -2.34. The van der Waals surface area contributed by atoms with Crippen LogP contribution in [0.5, 0.6) is 0 Å².